The summed E-state index contributed by atoms with van der Waals surface area (Å²) < 4.78 is 0. The van der Waals surface area contributed by atoms with E-state index in [9.17, 15) is 14.4 Å². The van der Waals surface area contributed by atoms with Gasteiger partial charge in [0.1, 0.15) is 0 Å². The molecule has 0 radical (unpaired) electrons. The molecule has 1 aliphatic heterocycles. The first-order chi connectivity index (χ1) is 13.3. The van der Waals surface area contributed by atoms with Gasteiger partial charge in [-0.05, 0) is 43.4 Å². The average Bonchev–Trinajstić information content (AvgIpc) is 2.91. The predicted octanol–water partition coefficient (Wildman–Crippen LogP) is 1.89. The smallest absolute Gasteiger partial charge is 0.261 e. The van der Waals surface area contributed by atoms with Crippen LogP contribution in [-0.4, -0.2) is 64.9 Å². The van der Waals surface area contributed by atoms with Crippen LogP contribution in [0, 0.1) is 5.92 Å². The zero-order chi connectivity index (χ0) is 20.8. The molecule has 0 spiro atoms. The van der Waals surface area contributed by atoms with E-state index < -0.39 is 11.9 Å². The lowest BCUT2D eigenvalue weighted by molar-refractivity contribution is 0.0638. The van der Waals surface area contributed by atoms with Crippen LogP contribution in [0.4, 0.5) is 0 Å². The summed E-state index contributed by atoms with van der Waals surface area (Å²) in [6.45, 7) is 7.30. The number of carbonyl (C=O) groups is 3. The van der Waals surface area contributed by atoms with Crippen molar-refractivity contribution in [1.82, 2.24) is 9.80 Å². The molecule has 0 saturated carbocycles. The first-order valence-corrected chi connectivity index (χ1v) is 9.99. The molecule has 0 saturated heterocycles. The lowest BCUT2D eigenvalue weighted by Gasteiger charge is -2.21. The minimum Gasteiger partial charge on any atom is -0.396 e. The lowest BCUT2D eigenvalue weighted by Crippen LogP contribution is -2.41. The number of nitrogens with two attached hydrogens (primary N) is 1. The van der Waals surface area contributed by atoms with Crippen molar-refractivity contribution in [3.8, 4) is 0 Å². The van der Waals surface area contributed by atoms with Crippen LogP contribution >= 0.6 is 0 Å². The molecule has 1 aromatic rings. The SMILES string of the molecule is CCCN(CCC)C(=O)c1ccc2c(c1)C(=O)N(CC(N)CC(C)CO)C2=O. The predicted molar refractivity (Wildman–Crippen MR) is 107 cm³/mol. The summed E-state index contributed by atoms with van der Waals surface area (Å²) in [6, 6.07) is 4.29. The molecule has 0 aliphatic carbocycles. The van der Waals surface area contributed by atoms with E-state index in [0.29, 0.717) is 30.6 Å². The zero-order valence-corrected chi connectivity index (χ0v) is 17.0. The topological polar surface area (TPSA) is 104 Å². The van der Waals surface area contributed by atoms with Crippen molar-refractivity contribution >= 4 is 17.7 Å². The van der Waals surface area contributed by atoms with Crippen LogP contribution in [-0.2, 0) is 0 Å². The van der Waals surface area contributed by atoms with Gasteiger partial charge < -0.3 is 15.7 Å². The molecule has 1 aromatic carbocycles. The van der Waals surface area contributed by atoms with Gasteiger partial charge in [0, 0.05) is 37.8 Å². The van der Waals surface area contributed by atoms with Gasteiger partial charge >= 0.3 is 0 Å². The normalized spacial score (nSPS) is 15.5. The van der Waals surface area contributed by atoms with Crippen LogP contribution < -0.4 is 5.73 Å². The van der Waals surface area contributed by atoms with Crippen LogP contribution in [0.25, 0.3) is 0 Å². The van der Waals surface area contributed by atoms with E-state index in [1.807, 2.05) is 20.8 Å². The molecule has 7 heteroatoms. The quantitative estimate of drug-likeness (QED) is 0.595. The molecule has 0 bridgehead atoms. The van der Waals surface area contributed by atoms with Gasteiger partial charge in [0.05, 0.1) is 11.1 Å². The van der Waals surface area contributed by atoms with Crippen LogP contribution in [0.15, 0.2) is 18.2 Å². The second kappa shape index (κ2) is 9.80. The third-order valence-corrected chi connectivity index (χ3v) is 4.93. The van der Waals surface area contributed by atoms with E-state index in [-0.39, 0.29) is 36.4 Å². The molecule has 0 fully saturated rings. The highest BCUT2D eigenvalue weighted by molar-refractivity contribution is 6.22. The second-order valence-corrected chi connectivity index (χ2v) is 7.56. The van der Waals surface area contributed by atoms with Crippen LogP contribution in [0.1, 0.15) is 71.1 Å². The summed E-state index contributed by atoms with van der Waals surface area (Å²) in [7, 11) is 0. The monoisotopic (exact) mass is 389 g/mol. The number of hydrogen-bond donors (Lipinski definition) is 2. The Morgan fingerprint density at radius 2 is 1.75 bits per heavy atom. The molecule has 0 aromatic heterocycles. The maximum Gasteiger partial charge on any atom is 0.261 e. The van der Waals surface area contributed by atoms with Crippen molar-refractivity contribution in [2.75, 3.05) is 26.2 Å². The van der Waals surface area contributed by atoms with Crippen LogP contribution in [0.3, 0.4) is 0 Å². The van der Waals surface area contributed by atoms with Gasteiger partial charge in [-0.1, -0.05) is 20.8 Å². The molecule has 3 N–H and O–H groups in total. The number of fused-ring (bicyclic) bond motifs is 1. The summed E-state index contributed by atoms with van der Waals surface area (Å²) in [5.74, 6) is -0.930. The van der Waals surface area contributed by atoms with Crippen molar-refractivity contribution in [3.63, 3.8) is 0 Å². The van der Waals surface area contributed by atoms with Crippen molar-refractivity contribution in [2.24, 2.45) is 11.7 Å². The number of aliphatic hydroxyl groups excluding tert-OH is 1. The molecule has 3 amide bonds. The van der Waals surface area contributed by atoms with Gasteiger partial charge in [-0.15, -0.1) is 0 Å². The Morgan fingerprint density at radius 3 is 2.32 bits per heavy atom. The van der Waals surface area contributed by atoms with E-state index in [0.717, 1.165) is 17.7 Å². The van der Waals surface area contributed by atoms with Gasteiger partial charge in [-0.2, -0.15) is 0 Å². The lowest BCUT2D eigenvalue weighted by atomic mass is 10.0. The molecular formula is C21H31N3O4. The Labute approximate surface area is 166 Å². The first-order valence-electron chi connectivity index (χ1n) is 9.99. The highest BCUT2D eigenvalue weighted by Gasteiger charge is 2.37. The van der Waals surface area contributed by atoms with Crippen LogP contribution in [0.2, 0.25) is 0 Å². The Bertz CT molecular complexity index is 728. The summed E-state index contributed by atoms with van der Waals surface area (Å²) in [5.41, 5.74) is 7.04. The largest absolute Gasteiger partial charge is 0.396 e. The number of amides is 3. The van der Waals surface area contributed by atoms with Crippen molar-refractivity contribution in [1.29, 1.82) is 0 Å². The molecule has 1 heterocycles. The molecule has 1 aliphatic rings. The zero-order valence-electron chi connectivity index (χ0n) is 17.0. The highest BCUT2D eigenvalue weighted by atomic mass is 16.3. The number of aliphatic hydroxyl groups is 1. The minimum atomic E-state index is -0.417. The third kappa shape index (κ3) is 4.77. The molecule has 28 heavy (non-hydrogen) atoms. The number of nitrogens with zero attached hydrogens (tertiary/aromatic N) is 2. The number of benzene rings is 1. The Balaban J connectivity index is 2.19. The van der Waals surface area contributed by atoms with Crippen molar-refractivity contribution in [2.45, 2.75) is 46.1 Å². The Morgan fingerprint density at radius 1 is 1.14 bits per heavy atom. The van der Waals surface area contributed by atoms with Gasteiger partial charge in [-0.25, -0.2) is 0 Å². The van der Waals surface area contributed by atoms with Crippen molar-refractivity contribution < 1.29 is 19.5 Å². The Kier molecular flexibility index (Phi) is 7.71. The van der Waals surface area contributed by atoms with Crippen molar-refractivity contribution in [3.05, 3.63) is 34.9 Å². The molecule has 2 unspecified atom stereocenters. The fourth-order valence-corrected chi connectivity index (χ4v) is 3.53. The Hall–Kier alpha value is -2.25. The molecule has 7 nitrogen and oxygen atoms in total. The summed E-state index contributed by atoms with van der Waals surface area (Å²) in [6.07, 6.45) is 2.22. The van der Waals surface area contributed by atoms with E-state index in [4.69, 9.17) is 10.8 Å². The second-order valence-electron chi connectivity index (χ2n) is 7.56. The molecular weight excluding hydrogens is 358 g/mol. The molecule has 2 rings (SSSR count). The summed E-state index contributed by atoms with van der Waals surface area (Å²) in [5, 5.41) is 9.16. The number of carbonyl (C=O) groups excluding carboxylic acids is 3. The number of rotatable bonds is 10. The molecule has 2 atom stereocenters. The number of hydrogen-bond acceptors (Lipinski definition) is 5. The number of imide groups is 1. The maximum atomic E-state index is 12.8. The average molecular weight is 389 g/mol. The summed E-state index contributed by atoms with van der Waals surface area (Å²) in [4.78, 5) is 41.1. The van der Waals surface area contributed by atoms with Gasteiger partial charge in [-0.3, -0.25) is 19.3 Å². The fraction of sp³-hybridized carbons (Fsp3) is 0.571. The van der Waals surface area contributed by atoms with Crippen LogP contribution in [0.5, 0.6) is 0 Å². The third-order valence-electron chi connectivity index (χ3n) is 4.93. The first kappa shape index (κ1) is 22.0. The van der Waals surface area contributed by atoms with E-state index in [2.05, 4.69) is 0 Å². The van der Waals surface area contributed by atoms with E-state index >= 15 is 0 Å². The minimum absolute atomic E-state index is 0.00230. The van der Waals surface area contributed by atoms with E-state index in [1.165, 1.54) is 6.07 Å². The maximum absolute atomic E-state index is 12.8. The fourth-order valence-electron chi connectivity index (χ4n) is 3.53. The van der Waals surface area contributed by atoms with Gasteiger partial charge in [0.25, 0.3) is 17.7 Å². The standard InChI is InChI=1S/C21H31N3O4/c1-4-8-23(9-5-2)19(26)15-6-7-17-18(11-15)21(28)24(20(17)27)12-16(22)10-14(3)13-25/h6-7,11,14,16,25H,4-5,8-10,12-13,22H2,1-3H3. The summed E-state index contributed by atoms with van der Waals surface area (Å²) >= 11 is 0. The molecule has 154 valence electrons. The van der Waals surface area contributed by atoms with Gasteiger partial charge in [0.2, 0.25) is 0 Å². The van der Waals surface area contributed by atoms with E-state index in [1.54, 1.807) is 17.0 Å². The highest BCUT2D eigenvalue weighted by Crippen LogP contribution is 2.25. The van der Waals surface area contributed by atoms with Gasteiger partial charge in [0.15, 0.2) is 0 Å².